The molecule has 0 bridgehead atoms. The number of carbonyl (C=O) groups is 2. The number of halogens is 1. The Kier molecular flexibility index (Phi) is 2.25. The van der Waals surface area contributed by atoms with Gasteiger partial charge in [-0.1, -0.05) is 6.07 Å². The van der Waals surface area contributed by atoms with Gasteiger partial charge in [-0.25, -0.2) is 14.2 Å². The number of aromatic carboxylic acids is 1. The average molecular weight is 287 g/mol. The van der Waals surface area contributed by atoms with E-state index in [1.807, 2.05) is 0 Å². The van der Waals surface area contributed by atoms with Crippen molar-refractivity contribution >= 4 is 11.9 Å². The Balaban J connectivity index is 2.07. The van der Waals surface area contributed by atoms with Crippen LogP contribution in [0.2, 0.25) is 0 Å². The standard InChI is InChI=1S/C14H10FN3O3/c15-7-2-1-3-8-10(7)13(19)17-5-4-9(17)12-11(14(20)21)16-6-18(8)12/h1-3,6,9H,4-5H2,(H,20,21)/t9-/m0/s1. The molecule has 0 aliphatic carbocycles. The molecule has 1 fully saturated rings. The molecule has 1 aromatic heterocycles. The highest BCUT2D eigenvalue weighted by molar-refractivity contribution is 6.00. The predicted molar refractivity (Wildman–Crippen MR) is 68.9 cm³/mol. The molecule has 2 aliphatic heterocycles. The van der Waals surface area contributed by atoms with Gasteiger partial charge in [-0.2, -0.15) is 0 Å². The van der Waals surface area contributed by atoms with E-state index in [1.54, 1.807) is 6.07 Å². The quantitative estimate of drug-likeness (QED) is 0.864. The van der Waals surface area contributed by atoms with Gasteiger partial charge in [-0.3, -0.25) is 9.36 Å². The third kappa shape index (κ3) is 1.43. The number of amides is 1. The van der Waals surface area contributed by atoms with E-state index in [-0.39, 0.29) is 17.3 Å². The first-order chi connectivity index (χ1) is 10.1. The number of hydrogen-bond acceptors (Lipinski definition) is 3. The Morgan fingerprint density at radius 1 is 1.43 bits per heavy atom. The Morgan fingerprint density at radius 3 is 2.90 bits per heavy atom. The highest BCUT2D eigenvalue weighted by Crippen LogP contribution is 2.41. The van der Waals surface area contributed by atoms with Crippen molar-refractivity contribution in [1.82, 2.24) is 14.5 Å². The molecule has 0 spiro atoms. The third-order valence-electron chi connectivity index (χ3n) is 4.07. The van der Waals surface area contributed by atoms with Gasteiger partial charge in [-0.15, -0.1) is 0 Å². The van der Waals surface area contributed by atoms with Crippen LogP contribution in [0.15, 0.2) is 24.5 Å². The van der Waals surface area contributed by atoms with Crippen molar-refractivity contribution < 1.29 is 19.1 Å². The van der Waals surface area contributed by atoms with Gasteiger partial charge < -0.3 is 10.0 Å². The van der Waals surface area contributed by atoms with Gasteiger partial charge in [0.1, 0.15) is 12.1 Å². The summed E-state index contributed by atoms with van der Waals surface area (Å²) in [5.41, 5.74) is 0.653. The molecule has 106 valence electrons. The minimum atomic E-state index is -1.15. The second kappa shape index (κ2) is 3.91. The topological polar surface area (TPSA) is 75.4 Å². The molecule has 1 atom stereocenters. The van der Waals surface area contributed by atoms with Crippen molar-refractivity contribution in [2.45, 2.75) is 12.5 Å². The van der Waals surface area contributed by atoms with Crippen LogP contribution in [0.1, 0.15) is 39.0 Å². The largest absolute Gasteiger partial charge is 0.476 e. The Hall–Kier alpha value is -2.70. The molecule has 0 unspecified atom stereocenters. The van der Waals surface area contributed by atoms with Crippen LogP contribution in [-0.4, -0.2) is 38.0 Å². The summed E-state index contributed by atoms with van der Waals surface area (Å²) in [6.07, 6.45) is 1.99. The number of fused-ring (bicyclic) bond motifs is 5. The molecule has 2 aromatic rings. The van der Waals surface area contributed by atoms with Gasteiger partial charge in [0.15, 0.2) is 5.69 Å². The Morgan fingerprint density at radius 2 is 2.24 bits per heavy atom. The second-order valence-electron chi connectivity index (χ2n) is 5.09. The maximum Gasteiger partial charge on any atom is 0.356 e. The maximum atomic E-state index is 14.1. The lowest BCUT2D eigenvalue weighted by atomic mass is 9.97. The number of benzene rings is 1. The molecule has 7 heteroatoms. The molecule has 1 saturated heterocycles. The predicted octanol–water partition coefficient (Wildman–Crippen LogP) is 1.61. The number of imidazole rings is 1. The highest BCUT2D eigenvalue weighted by Gasteiger charge is 2.43. The minimum Gasteiger partial charge on any atom is -0.476 e. The molecule has 1 aromatic carbocycles. The van der Waals surface area contributed by atoms with Crippen molar-refractivity contribution in [3.8, 4) is 5.69 Å². The van der Waals surface area contributed by atoms with Crippen LogP contribution < -0.4 is 0 Å². The van der Waals surface area contributed by atoms with Crippen molar-refractivity contribution in [1.29, 1.82) is 0 Å². The number of carboxylic acids is 1. The van der Waals surface area contributed by atoms with Crippen molar-refractivity contribution in [2.24, 2.45) is 0 Å². The number of rotatable bonds is 1. The molecule has 1 amide bonds. The van der Waals surface area contributed by atoms with Gasteiger partial charge in [-0.05, 0) is 18.6 Å². The lowest BCUT2D eigenvalue weighted by Gasteiger charge is -2.39. The fourth-order valence-corrected chi connectivity index (χ4v) is 3.02. The molecular weight excluding hydrogens is 277 g/mol. The lowest BCUT2D eigenvalue weighted by molar-refractivity contribution is 0.0445. The van der Waals surface area contributed by atoms with Gasteiger partial charge >= 0.3 is 5.97 Å². The summed E-state index contributed by atoms with van der Waals surface area (Å²) < 4.78 is 15.6. The Bertz CT molecular complexity index is 799. The summed E-state index contributed by atoms with van der Waals surface area (Å²) in [5, 5.41) is 9.26. The molecule has 21 heavy (non-hydrogen) atoms. The second-order valence-corrected chi connectivity index (χ2v) is 5.09. The summed E-state index contributed by atoms with van der Waals surface area (Å²) in [6.45, 7) is 0.488. The first-order valence-corrected chi connectivity index (χ1v) is 6.50. The lowest BCUT2D eigenvalue weighted by Crippen LogP contribution is -2.45. The molecule has 4 rings (SSSR count). The minimum absolute atomic E-state index is 0.0321. The zero-order valence-electron chi connectivity index (χ0n) is 10.8. The smallest absolute Gasteiger partial charge is 0.356 e. The van der Waals surface area contributed by atoms with E-state index in [2.05, 4.69) is 4.98 Å². The molecule has 1 N–H and O–H groups in total. The number of carbonyl (C=O) groups excluding carboxylic acids is 1. The fraction of sp³-hybridized carbons (Fsp3) is 0.214. The number of hydrogen-bond donors (Lipinski definition) is 1. The molecule has 2 aliphatic rings. The van der Waals surface area contributed by atoms with E-state index in [0.717, 1.165) is 0 Å². The molecule has 0 radical (unpaired) electrons. The number of aromatic nitrogens is 2. The summed E-state index contributed by atoms with van der Waals surface area (Å²) in [7, 11) is 0. The van der Waals surface area contributed by atoms with Crippen LogP contribution >= 0.6 is 0 Å². The molecule has 3 heterocycles. The van der Waals surface area contributed by atoms with Crippen molar-refractivity contribution in [2.75, 3.05) is 6.54 Å². The van der Waals surface area contributed by atoms with Crippen molar-refractivity contribution in [3.63, 3.8) is 0 Å². The van der Waals surface area contributed by atoms with Crippen LogP contribution in [0.3, 0.4) is 0 Å². The zero-order chi connectivity index (χ0) is 14.7. The molecule has 0 saturated carbocycles. The maximum absolute atomic E-state index is 14.1. The van der Waals surface area contributed by atoms with Gasteiger partial charge in [0.05, 0.1) is 23.0 Å². The normalized spacial score (nSPS) is 19.2. The van der Waals surface area contributed by atoms with E-state index >= 15 is 0 Å². The SMILES string of the molecule is O=C(O)c1ncn2c1[C@@H]1CCN1C(=O)c1c(F)cccc1-2. The first kappa shape index (κ1) is 12.1. The first-order valence-electron chi connectivity index (χ1n) is 6.50. The monoisotopic (exact) mass is 287 g/mol. The van der Waals surface area contributed by atoms with Gasteiger partial charge in [0, 0.05) is 6.54 Å². The van der Waals surface area contributed by atoms with E-state index in [0.29, 0.717) is 24.3 Å². The van der Waals surface area contributed by atoms with Crippen molar-refractivity contribution in [3.05, 3.63) is 47.3 Å². The average Bonchev–Trinajstić information content (AvgIpc) is 2.78. The molecular formula is C14H10FN3O3. The van der Waals surface area contributed by atoms with Crippen LogP contribution in [0, 0.1) is 5.82 Å². The summed E-state index contributed by atoms with van der Waals surface area (Å²) in [4.78, 5) is 29.2. The Labute approximate surface area is 118 Å². The van der Waals surface area contributed by atoms with Crippen LogP contribution in [-0.2, 0) is 0 Å². The molecule has 6 nitrogen and oxygen atoms in total. The van der Waals surface area contributed by atoms with E-state index < -0.39 is 17.7 Å². The number of nitrogens with zero attached hydrogens (tertiary/aromatic N) is 3. The van der Waals surface area contributed by atoms with Crippen LogP contribution in [0.25, 0.3) is 5.69 Å². The van der Waals surface area contributed by atoms with Crippen LogP contribution in [0.4, 0.5) is 4.39 Å². The van der Waals surface area contributed by atoms with Gasteiger partial charge in [0.25, 0.3) is 5.91 Å². The summed E-state index contributed by atoms with van der Waals surface area (Å²) in [5.74, 6) is -2.16. The van der Waals surface area contributed by atoms with E-state index in [9.17, 15) is 19.1 Å². The zero-order valence-corrected chi connectivity index (χ0v) is 10.8. The summed E-state index contributed by atoms with van der Waals surface area (Å²) in [6, 6.07) is 3.96. The summed E-state index contributed by atoms with van der Waals surface area (Å²) >= 11 is 0. The highest BCUT2D eigenvalue weighted by atomic mass is 19.1. The number of carboxylic acid groups (broad SMARTS) is 1. The third-order valence-corrected chi connectivity index (χ3v) is 4.07. The van der Waals surface area contributed by atoms with Crippen LogP contribution in [0.5, 0.6) is 0 Å². The van der Waals surface area contributed by atoms with E-state index in [1.165, 1.54) is 27.9 Å². The fourth-order valence-electron chi connectivity index (χ4n) is 3.02. The van der Waals surface area contributed by atoms with E-state index in [4.69, 9.17) is 0 Å². The van der Waals surface area contributed by atoms with Gasteiger partial charge in [0.2, 0.25) is 0 Å².